The lowest BCUT2D eigenvalue weighted by Crippen LogP contribution is -2.30. The molecule has 2 aromatic rings. The Bertz CT molecular complexity index is 756. The third kappa shape index (κ3) is 5.02. The number of carbonyl (C=O) groups excluding carboxylic acids is 1. The summed E-state index contributed by atoms with van der Waals surface area (Å²) in [6, 6.07) is 6.57. The first-order valence-corrected chi connectivity index (χ1v) is 6.96. The van der Waals surface area contributed by atoms with Crippen molar-refractivity contribution in [2.24, 2.45) is 0 Å². The maximum atomic E-state index is 12.8. The highest BCUT2D eigenvalue weighted by atomic mass is 35.5. The first kappa shape index (κ1) is 18.9. The number of alkyl halides is 6. The van der Waals surface area contributed by atoms with E-state index >= 15 is 0 Å². The van der Waals surface area contributed by atoms with Crippen LogP contribution < -0.4 is 10.9 Å². The molecule has 0 aliphatic carbocycles. The molecule has 0 fully saturated rings. The molecule has 0 unspecified atom stereocenters. The molecular formula is C15H9ClF6N2O. The fourth-order valence-corrected chi connectivity index (χ4v) is 2.04. The predicted molar refractivity (Wildman–Crippen MR) is 79.0 cm³/mol. The second kappa shape index (κ2) is 6.83. The lowest BCUT2D eigenvalue weighted by atomic mass is 10.0. The summed E-state index contributed by atoms with van der Waals surface area (Å²) in [6.45, 7) is 0. The van der Waals surface area contributed by atoms with Crippen LogP contribution in [0.25, 0.3) is 0 Å². The van der Waals surface area contributed by atoms with Crippen molar-refractivity contribution in [1.29, 1.82) is 0 Å². The van der Waals surface area contributed by atoms with Gasteiger partial charge in [0.15, 0.2) is 0 Å². The molecule has 0 radical (unpaired) electrons. The van der Waals surface area contributed by atoms with Crippen LogP contribution in [0, 0.1) is 0 Å². The molecule has 2 N–H and O–H groups in total. The van der Waals surface area contributed by atoms with Crippen LogP contribution in [-0.4, -0.2) is 5.91 Å². The molecule has 2 rings (SSSR count). The van der Waals surface area contributed by atoms with Gasteiger partial charge in [-0.2, -0.15) is 26.3 Å². The van der Waals surface area contributed by atoms with E-state index in [1.807, 2.05) is 5.43 Å². The molecule has 0 atom stereocenters. The van der Waals surface area contributed by atoms with Crippen LogP contribution in [0.2, 0.25) is 5.02 Å². The van der Waals surface area contributed by atoms with Gasteiger partial charge in [-0.1, -0.05) is 17.7 Å². The van der Waals surface area contributed by atoms with E-state index in [1.54, 1.807) is 0 Å². The summed E-state index contributed by atoms with van der Waals surface area (Å²) >= 11 is 5.72. The van der Waals surface area contributed by atoms with E-state index < -0.39 is 35.0 Å². The van der Waals surface area contributed by atoms with Crippen molar-refractivity contribution in [1.82, 2.24) is 5.43 Å². The predicted octanol–water partition coefficient (Wildman–Crippen LogP) is 5.13. The molecule has 0 aliphatic rings. The van der Waals surface area contributed by atoms with Gasteiger partial charge in [-0.15, -0.1) is 0 Å². The van der Waals surface area contributed by atoms with Gasteiger partial charge in [-0.25, -0.2) is 0 Å². The number of benzene rings is 2. The molecule has 0 aromatic heterocycles. The number of nitrogens with one attached hydrogen (secondary N) is 2. The average molecular weight is 383 g/mol. The topological polar surface area (TPSA) is 41.1 Å². The van der Waals surface area contributed by atoms with E-state index in [2.05, 4.69) is 5.43 Å². The molecule has 2 aromatic carbocycles. The van der Waals surface area contributed by atoms with Crippen molar-refractivity contribution in [2.45, 2.75) is 12.4 Å². The molecular weight excluding hydrogens is 374 g/mol. The summed E-state index contributed by atoms with van der Waals surface area (Å²) in [5.41, 5.74) is 0.724. The second-order valence-electron chi connectivity index (χ2n) is 4.88. The van der Waals surface area contributed by atoms with Gasteiger partial charge in [0.05, 0.1) is 16.8 Å². The normalized spacial score (nSPS) is 12.0. The summed E-state index contributed by atoms with van der Waals surface area (Å²) in [5, 5.41) is 0.317. The van der Waals surface area contributed by atoms with Gasteiger partial charge in [-0.3, -0.25) is 15.6 Å². The van der Waals surface area contributed by atoms with E-state index in [4.69, 9.17) is 11.6 Å². The SMILES string of the molecule is O=C(NNc1cccc(Cl)c1)c1cc(C(F)(F)F)cc(C(F)(F)F)c1. The number of amides is 1. The van der Waals surface area contributed by atoms with Crippen LogP contribution >= 0.6 is 11.6 Å². The Morgan fingerprint density at radius 3 is 1.92 bits per heavy atom. The lowest BCUT2D eigenvalue weighted by Gasteiger charge is -2.14. The lowest BCUT2D eigenvalue weighted by molar-refractivity contribution is -0.143. The third-order valence-corrected chi connectivity index (χ3v) is 3.23. The van der Waals surface area contributed by atoms with Crippen molar-refractivity contribution in [3.05, 3.63) is 64.2 Å². The Morgan fingerprint density at radius 1 is 0.880 bits per heavy atom. The van der Waals surface area contributed by atoms with E-state index in [0.717, 1.165) is 0 Å². The average Bonchev–Trinajstić information content (AvgIpc) is 2.50. The number of anilines is 1. The Kier molecular flexibility index (Phi) is 5.17. The van der Waals surface area contributed by atoms with Crippen LogP contribution in [0.5, 0.6) is 0 Å². The van der Waals surface area contributed by atoms with Gasteiger partial charge in [0.1, 0.15) is 0 Å². The number of rotatable bonds is 3. The van der Waals surface area contributed by atoms with Crippen molar-refractivity contribution in [3.8, 4) is 0 Å². The number of hydrazine groups is 1. The van der Waals surface area contributed by atoms with Gasteiger partial charge in [-0.05, 0) is 36.4 Å². The molecule has 3 nitrogen and oxygen atoms in total. The van der Waals surface area contributed by atoms with E-state index in [-0.39, 0.29) is 6.07 Å². The standard InChI is InChI=1S/C15H9ClF6N2O/c16-11-2-1-3-12(7-11)23-24-13(25)8-4-9(14(17,18)19)6-10(5-8)15(20,21)22/h1-7,23H,(H,24,25). The smallest absolute Gasteiger partial charge is 0.298 e. The summed E-state index contributed by atoms with van der Waals surface area (Å²) in [7, 11) is 0. The molecule has 0 aliphatic heterocycles. The minimum absolute atomic E-state index is 0.0544. The summed E-state index contributed by atoms with van der Waals surface area (Å²) in [4.78, 5) is 11.9. The Morgan fingerprint density at radius 2 is 1.44 bits per heavy atom. The molecule has 0 bridgehead atoms. The van der Waals surface area contributed by atoms with Gasteiger partial charge < -0.3 is 0 Å². The summed E-state index contributed by atoms with van der Waals surface area (Å²) in [5.74, 6) is -1.17. The first-order chi connectivity index (χ1) is 11.5. The van der Waals surface area contributed by atoms with E-state index in [9.17, 15) is 31.1 Å². The fourth-order valence-electron chi connectivity index (χ4n) is 1.85. The number of hydrogen-bond acceptors (Lipinski definition) is 2. The fraction of sp³-hybridized carbons (Fsp3) is 0.133. The molecule has 25 heavy (non-hydrogen) atoms. The highest BCUT2D eigenvalue weighted by molar-refractivity contribution is 6.30. The zero-order chi connectivity index (χ0) is 18.8. The molecule has 0 saturated heterocycles. The second-order valence-corrected chi connectivity index (χ2v) is 5.32. The van der Waals surface area contributed by atoms with Gasteiger partial charge >= 0.3 is 12.4 Å². The quantitative estimate of drug-likeness (QED) is 0.570. The monoisotopic (exact) mass is 382 g/mol. The van der Waals surface area contributed by atoms with Gasteiger partial charge in [0, 0.05) is 10.6 Å². The number of carbonyl (C=O) groups is 1. The molecule has 1 amide bonds. The van der Waals surface area contributed by atoms with Crippen molar-refractivity contribution < 1.29 is 31.1 Å². The number of halogens is 7. The minimum atomic E-state index is -5.03. The van der Waals surface area contributed by atoms with E-state index in [1.165, 1.54) is 24.3 Å². The molecule has 0 spiro atoms. The molecule has 134 valence electrons. The summed E-state index contributed by atoms with van der Waals surface area (Å²) in [6.07, 6.45) is -10.1. The van der Waals surface area contributed by atoms with Crippen LogP contribution in [0.3, 0.4) is 0 Å². The van der Waals surface area contributed by atoms with Crippen LogP contribution in [-0.2, 0) is 12.4 Å². The minimum Gasteiger partial charge on any atom is -0.298 e. The van der Waals surface area contributed by atoms with Crippen LogP contribution in [0.4, 0.5) is 32.0 Å². The Labute approximate surface area is 142 Å². The van der Waals surface area contributed by atoms with Gasteiger partial charge in [0.25, 0.3) is 5.91 Å². The molecule has 10 heteroatoms. The highest BCUT2D eigenvalue weighted by Gasteiger charge is 2.37. The zero-order valence-electron chi connectivity index (χ0n) is 12.1. The van der Waals surface area contributed by atoms with Crippen LogP contribution in [0.1, 0.15) is 21.5 Å². The summed E-state index contributed by atoms with van der Waals surface area (Å²) < 4.78 is 76.6. The zero-order valence-corrected chi connectivity index (χ0v) is 12.9. The van der Waals surface area contributed by atoms with Gasteiger partial charge in [0.2, 0.25) is 0 Å². The third-order valence-electron chi connectivity index (χ3n) is 2.99. The number of hydrogen-bond donors (Lipinski definition) is 2. The van der Waals surface area contributed by atoms with Crippen molar-refractivity contribution in [3.63, 3.8) is 0 Å². The van der Waals surface area contributed by atoms with Crippen LogP contribution in [0.15, 0.2) is 42.5 Å². The Balaban J connectivity index is 2.29. The largest absolute Gasteiger partial charge is 0.416 e. The maximum Gasteiger partial charge on any atom is 0.416 e. The van der Waals surface area contributed by atoms with Crippen molar-refractivity contribution in [2.75, 3.05) is 5.43 Å². The Hall–Kier alpha value is -2.42. The van der Waals surface area contributed by atoms with Crippen molar-refractivity contribution >= 4 is 23.2 Å². The molecule has 0 saturated carbocycles. The van der Waals surface area contributed by atoms with E-state index in [0.29, 0.717) is 22.8 Å². The first-order valence-electron chi connectivity index (χ1n) is 6.58. The highest BCUT2D eigenvalue weighted by Crippen LogP contribution is 2.36. The maximum absolute atomic E-state index is 12.8. The molecule has 0 heterocycles.